The van der Waals surface area contributed by atoms with E-state index in [-0.39, 0.29) is 30.2 Å². The van der Waals surface area contributed by atoms with Gasteiger partial charge in [0.2, 0.25) is 12.5 Å². The lowest BCUT2D eigenvalue weighted by molar-refractivity contribution is -0.135. The number of hydrogen-bond acceptors (Lipinski definition) is 7. The highest BCUT2D eigenvalue weighted by atomic mass is 16.7. The molecule has 1 fully saturated rings. The van der Waals surface area contributed by atoms with E-state index in [4.69, 9.17) is 23.7 Å². The molecule has 0 amide bonds. The minimum absolute atomic E-state index is 0.0626. The van der Waals surface area contributed by atoms with Crippen molar-refractivity contribution in [1.29, 1.82) is 0 Å². The number of hydrogen-bond donors (Lipinski definition) is 1. The standard InChI is InChI=1S/C21H20O7/c1-24-19-9-13(7-16(22)20(19)25-2)6-15-14(10-26-21(15)23)5-12-3-4-17-18(8-12)28-11-27-17/h3-4,6-9,14,22H,5,10-11H2,1-2H3/b15-6+. The van der Waals surface area contributed by atoms with Crippen LogP contribution in [0.3, 0.4) is 0 Å². The highest BCUT2D eigenvalue weighted by Gasteiger charge is 2.31. The number of cyclic esters (lactones) is 1. The average Bonchev–Trinajstić information content (AvgIpc) is 3.29. The second kappa shape index (κ2) is 7.34. The van der Waals surface area contributed by atoms with Crippen LogP contribution in [0.15, 0.2) is 35.9 Å². The maximum absolute atomic E-state index is 12.3. The van der Waals surface area contributed by atoms with Crippen LogP contribution < -0.4 is 18.9 Å². The molecule has 1 atom stereocenters. The van der Waals surface area contributed by atoms with Crippen LogP contribution in [-0.2, 0) is 16.0 Å². The van der Waals surface area contributed by atoms with E-state index in [9.17, 15) is 9.90 Å². The van der Waals surface area contributed by atoms with Crippen molar-refractivity contribution in [2.45, 2.75) is 6.42 Å². The van der Waals surface area contributed by atoms with E-state index in [2.05, 4.69) is 0 Å². The molecule has 2 aromatic rings. The second-order valence-electron chi connectivity index (χ2n) is 6.56. The number of phenols is 1. The Morgan fingerprint density at radius 3 is 2.71 bits per heavy atom. The van der Waals surface area contributed by atoms with Gasteiger partial charge in [-0.3, -0.25) is 0 Å². The smallest absolute Gasteiger partial charge is 0.334 e. The third-order valence-electron chi connectivity index (χ3n) is 4.81. The number of carbonyl (C=O) groups excluding carboxylic acids is 1. The van der Waals surface area contributed by atoms with Crippen molar-refractivity contribution in [2.24, 2.45) is 5.92 Å². The Morgan fingerprint density at radius 1 is 1.11 bits per heavy atom. The summed E-state index contributed by atoms with van der Waals surface area (Å²) in [4.78, 5) is 12.3. The monoisotopic (exact) mass is 384 g/mol. The van der Waals surface area contributed by atoms with Crippen LogP contribution >= 0.6 is 0 Å². The van der Waals surface area contributed by atoms with E-state index in [1.54, 1.807) is 12.1 Å². The summed E-state index contributed by atoms with van der Waals surface area (Å²) in [6.07, 6.45) is 2.34. The summed E-state index contributed by atoms with van der Waals surface area (Å²) in [5.41, 5.74) is 2.19. The number of esters is 1. The summed E-state index contributed by atoms with van der Waals surface area (Å²) in [7, 11) is 2.94. The van der Waals surface area contributed by atoms with E-state index in [1.807, 2.05) is 18.2 Å². The van der Waals surface area contributed by atoms with E-state index in [0.29, 0.717) is 35.7 Å². The molecule has 0 saturated carbocycles. The van der Waals surface area contributed by atoms with Gasteiger partial charge in [-0.05, 0) is 47.9 Å². The molecule has 1 N–H and O–H groups in total. The first-order valence-electron chi connectivity index (χ1n) is 8.81. The number of ether oxygens (including phenoxy) is 5. The van der Waals surface area contributed by atoms with Gasteiger partial charge in [0.15, 0.2) is 23.0 Å². The van der Waals surface area contributed by atoms with Crippen molar-refractivity contribution >= 4 is 12.0 Å². The van der Waals surface area contributed by atoms with Crippen molar-refractivity contribution in [2.75, 3.05) is 27.6 Å². The van der Waals surface area contributed by atoms with Gasteiger partial charge in [-0.1, -0.05) is 6.07 Å². The fourth-order valence-corrected chi connectivity index (χ4v) is 3.44. The lowest BCUT2D eigenvalue weighted by Crippen LogP contribution is -2.07. The van der Waals surface area contributed by atoms with Crippen molar-refractivity contribution < 1.29 is 33.6 Å². The predicted molar refractivity (Wildman–Crippen MR) is 99.9 cm³/mol. The zero-order valence-electron chi connectivity index (χ0n) is 15.6. The molecule has 7 heteroatoms. The molecule has 2 aromatic carbocycles. The van der Waals surface area contributed by atoms with Crippen LogP contribution in [0.1, 0.15) is 11.1 Å². The molecule has 0 bridgehead atoms. The number of aromatic hydroxyl groups is 1. The number of carbonyl (C=O) groups is 1. The number of benzene rings is 2. The normalized spacial score (nSPS) is 19.0. The first kappa shape index (κ1) is 18.0. The largest absolute Gasteiger partial charge is 0.504 e. The van der Waals surface area contributed by atoms with E-state index in [0.717, 1.165) is 11.3 Å². The van der Waals surface area contributed by atoms with Crippen molar-refractivity contribution in [3.63, 3.8) is 0 Å². The third-order valence-corrected chi connectivity index (χ3v) is 4.81. The molecule has 0 aliphatic carbocycles. The van der Waals surface area contributed by atoms with Crippen LogP contribution in [0.2, 0.25) is 0 Å². The SMILES string of the molecule is COc1cc(/C=C2/C(=O)OCC2Cc2ccc3c(c2)OCO3)cc(O)c1OC. The van der Waals surface area contributed by atoms with Crippen LogP contribution in [0.5, 0.6) is 28.7 Å². The van der Waals surface area contributed by atoms with E-state index in [1.165, 1.54) is 20.3 Å². The summed E-state index contributed by atoms with van der Waals surface area (Å²) in [5, 5.41) is 10.2. The summed E-state index contributed by atoms with van der Waals surface area (Å²) < 4.78 is 26.4. The van der Waals surface area contributed by atoms with Gasteiger partial charge >= 0.3 is 5.97 Å². The fourth-order valence-electron chi connectivity index (χ4n) is 3.44. The van der Waals surface area contributed by atoms with E-state index < -0.39 is 0 Å². The summed E-state index contributed by atoms with van der Waals surface area (Å²) in [6, 6.07) is 8.97. The van der Waals surface area contributed by atoms with Crippen molar-refractivity contribution in [1.82, 2.24) is 0 Å². The average molecular weight is 384 g/mol. The highest BCUT2D eigenvalue weighted by molar-refractivity contribution is 5.96. The Kier molecular flexibility index (Phi) is 4.73. The predicted octanol–water partition coefficient (Wildman–Crippen LogP) is 2.94. The van der Waals surface area contributed by atoms with Gasteiger partial charge in [-0.15, -0.1) is 0 Å². The topological polar surface area (TPSA) is 83.5 Å². The minimum Gasteiger partial charge on any atom is -0.504 e. The third kappa shape index (κ3) is 3.31. The Hall–Kier alpha value is -3.35. The van der Waals surface area contributed by atoms with Crippen LogP contribution in [0.25, 0.3) is 6.08 Å². The fraction of sp³-hybridized carbons (Fsp3) is 0.286. The molecule has 2 heterocycles. The van der Waals surface area contributed by atoms with Crippen molar-refractivity contribution in [3.05, 3.63) is 47.0 Å². The number of phenolic OH excluding ortho intramolecular Hbond substituents is 1. The second-order valence-corrected chi connectivity index (χ2v) is 6.56. The zero-order chi connectivity index (χ0) is 19.7. The molecule has 1 unspecified atom stereocenters. The molecule has 146 valence electrons. The number of methoxy groups -OCH3 is 2. The van der Waals surface area contributed by atoms with Crippen LogP contribution in [-0.4, -0.2) is 38.7 Å². The number of rotatable bonds is 5. The molecular formula is C21H20O7. The van der Waals surface area contributed by atoms with Gasteiger partial charge in [0.25, 0.3) is 0 Å². The van der Waals surface area contributed by atoms with Gasteiger partial charge in [0.05, 0.1) is 20.8 Å². The molecule has 4 rings (SSSR count). The highest BCUT2D eigenvalue weighted by Crippen LogP contribution is 2.39. The maximum Gasteiger partial charge on any atom is 0.334 e. The van der Waals surface area contributed by atoms with Crippen LogP contribution in [0.4, 0.5) is 0 Å². The Labute approximate surface area is 162 Å². The minimum atomic E-state index is -0.361. The molecule has 7 nitrogen and oxygen atoms in total. The molecule has 2 aliphatic heterocycles. The van der Waals surface area contributed by atoms with Gasteiger partial charge in [0.1, 0.15) is 0 Å². The molecule has 0 aromatic heterocycles. The first-order valence-corrected chi connectivity index (χ1v) is 8.81. The molecule has 28 heavy (non-hydrogen) atoms. The quantitative estimate of drug-likeness (QED) is 0.627. The molecule has 0 spiro atoms. The molecule has 0 radical (unpaired) electrons. The molecule has 2 aliphatic rings. The Balaban J connectivity index is 1.62. The molecular weight excluding hydrogens is 364 g/mol. The van der Waals surface area contributed by atoms with Crippen LogP contribution in [0, 0.1) is 5.92 Å². The maximum atomic E-state index is 12.3. The van der Waals surface area contributed by atoms with Gasteiger partial charge < -0.3 is 28.8 Å². The van der Waals surface area contributed by atoms with Gasteiger partial charge in [-0.2, -0.15) is 0 Å². The van der Waals surface area contributed by atoms with Gasteiger partial charge in [0, 0.05) is 11.5 Å². The summed E-state index contributed by atoms with van der Waals surface area (Å²) >= 11 is 0. The Morgan fingerprint density at radius 2 is 1.93 bits per heavy atom. The Bertz CT molecular complexity index is 948. The van der Waals surface area contributed by atoms with Crippen molar-refractivity contribution in [3.8, 4) is 28.7 Å². The number of fused-ring (bicyclic) bond motifs is 1. The summed E-state index contributed by atoms with van der Waals surface area (Å²) in [5.74, 6) is 1.52. The van der Waals surface area contributed by atoms with E-state index >= 15 is 0 Å². The lowest BCUT2D eigenvalue weighted by Gasteiger charge is -2.12. The first-order chi connectivity index (χ1) is 13.6. The lowest BCUT2D eigenvalue weighted by atomic mass is 9.92. The summed E-state index contributed by atoms with van der Waals surface area (Å²) in [6.45, 7) is 0.524. The zero-order valence-corrected chi connectivity index (χ0v) is 15.6. The molecule has 1 saturated heterocycles. The van der Waals surface area contributed by atoms with Gasteiger partial charge in [-0.25, -0.2) is 4.79 Å².